The minimum atomic E-state index is -1.75. The van der Waals surface area contributed by atoms with Crippen molar-refractivity contribution in [2.24, 2.45) is 0 Å². The summed E-state index contributed by atoms with van der Waals surface area (Å²) in [6.07, 6.45) is 0. The standard InChI is InChI=1S/Al.7Na.2O.6H/q;7*+1;;7*-1. The fraction of sp³-hybridized carbons (Fsp3) is 0. The summed E-state index contributed by atoms with van der Waals surface area (Å²) in [4.78, 5) is 0. The van der Waals surface area contributed by atoms with Crippen molar-refractivity contribution in [1.82, 2.24) is 0 Å². The molecule has 0 aliphatic carbocycles. The molecule has 0 bridgehead atoms. The predicted molar refractivity (Wildman–Crippen MR) is 13.1 cm³/mol. The van der Waals surface area contributed by atoms with Crippen molar-refractivity contribution in [2.75, 3.05) is 0 Å². The Hall–Kier alpha value is 7.13. The van der Waals surface area contributed by atoms with Crippen molar-refractivity contribution in [1.29, 1.82) is 0 Å². The van der Waals surface area contributed by atoms with E-state index in [1.54, 1.807) is 0 Å². The van der Waals surface area contributed by atoms with Gasteiger partial charge >= 0.3 is 230 Å². The van der Waals surface area contributed by atoms with E-state index < -0.39 is 15.5 Å². The van der Waals surface area contributed by atoms with Crippen molar-refractivity contribution in [3.63, 3.8) is 0 Å². The molecule has 10 heavy (non-hydrogen) atoms. The summed E-state index contributed by atoms with van der Waals surface area (Å²) in [5.74, 6) is 0. The molecule has 0 amide bonds. The number of hydrogen-bond donors (Lipinski definition) is 0. The minimum absolute atomic E-state index is 0. The SMILES string of the molecule is [H-].[H-].[H-].[H-].[H-].[H-].[Na+].[Na+].[Na+].[Na+].[Na+].[Na+].[Na+].[O]=[Al][O-]. The molecular formula is H6AlNa7O2. The summed E-state index contributed by atoms with van der Waals surface area (Å²) in [5, 5.41) is 0. The number of rotatable bonds is 0. The van der Waals surface area contributed by atoms with Gasteiger partial charge in [0.1, 0.15) is 0 Å². The van der Waals surface area contributed by atoms with Gasteiger partial charge in [0.15, 0.2) is 0 Å². The molecule has 2 nitrogen and oxygen atoms in total. The second-order valence-corrected chi connectivity index (χ2v) is 0.289. The Morgan fingerprint density at radius 3 is 0.800 bits per heavy atom. The van der Waals surface area contributed by atoms with Gasteiger partial charge in [0.2, 0.25) is 0 Å². The Kier molecular flexibility index (Phi) is 299. The molecule has 0 aromatic carbocycles. The fourth-order valence-electron chi connectivity index (χ4n) is 0. The maximum atomic E-state index is 8.46. The van der Waals surface area contributed by atoms with E-state index in [1.165, 1.54) is 0 Å². The summed E-state index contributed by atoms with van der Waals surface area (Å²) in [7, 11) is 0. The Bertz CT molecular complexity index is 34.3. The van der Waals surface area contributed by atoms with Crippen molar-refractivity contribution < 1.29 is 223 Å². The zero-order valence-corrected chi connectivity index (χ0v) is 23.5. The molecule has 0 aromatic heterocycles. The third-order valence-corrected chi connectivity index (χ3v) is 0. The van der Waals surface area contributed by atoms with E-state index in [1.807, 2.05) is 0 Å². The van der Waals surface area contributed by atoms with Gasteiger partial charge in [-0.3, -0.25) is 0 Å². The second-order valence-electron chi connectivity index (χ2n) is 0.0962. The van der Waals surface area contributed by atoms with Crippen LogP contribution in [0.3, 0.4) is 0 Å². The van der Waals surface area contributed by atoms with Crippen LogP contribution in [0.2, 0.25) is 0 Å². The maximum absolute atomic E-state index is 8.46. The number of hydrogen-bond acceptors (Lipinski definition) is 2. The van der Waals surface area contributed by atoms with E-state index in [4.69, 9.17) is 7.96 Å². The molecule has 0 N–H and O–H groups in total. The van der Waals surface area contributed by atoms with Crippen LogP contribution in [0, 0.1) is 0 Å². The summed E-state index contributed by atoms with van der Waals surface area (Å²) in [6, 6.07) is 0. The van der Waals surface area contributed by atoms with Gasteiger partial charge in [-0.1, -0.05) is 0 Å². The van der Waals surface area contributed by atoms with Crippen molar-refractivity contribution in [3.05, 3.63) is 0 Å². The predicted octanol–water partition coefficient (Wildman–Crippen LogP) is -22.0. The Balaban J connectivity index is -0.000000000256. The topological polar surface area (TPSA) is 40.1 Å². The second kappa shape index (κ2) is 55.9. The van der Waals surface area contributed by atoms with Crippen LogP contribution in [0.4, 0.5) is 0 Å². The third-order valence-electron chi connectivity index (χ3n) is 0. The van der Waals surface area contributed by atoms with Gasteiger partial charge in [-0.05, 0) is 0 Å². The van der Waals surface area contributed by atoms with E-state index in [0.717, 1.165) is 0 Å². The average molecular weight is 226 g/mol. The Morgan fingerprint density at radius 1 is 0.800 bits per heavy atom. The van der Waals surface area contributed by atoms with Gasteiger partial charge in [-0.15, -0.1) is 0 Å². The molecule has 0 fully saturated rings. The van der Waals surface area contributed by atoms with Gasteiger partial charge in [-0.2, -0.15) is 0 Å². The van der Waals surface area contributed by atoms with Gasteiger partial charge in [0.05, 0.1) is 0 Å². The molecule has 28 valence electrons. The molecule has 0 aliphatic rings. The monoisotopic (exact) mass is 226 g/mol. The van der Waals surface area contributed by atoms with Crippen LogP contribution in [-0.2, 0) is 3.80 Å². The average Bonchev–Trinajstić information content (AvgIpc) is 0.918. The quantitative estimate of drug-likeness (QED) is 0.385. The first-order valence-electron chi connectivity index (χ1n) is 0.471. The molecule has 10 heteroatoms. The van der Waals surface area contributed by atoms with Crippen molar-refractivity contribution in [3.8, 4) is 0 Å². The first-order valence-corrected chi connectivity index (χ1v) is 1.41. The summed E-state index contributed by atoms with van der Waals surface area (Å²) in [5.41, 5.74) is 0. The van der Waals surface area contributed by atoms with Crippen LogP contribution >= 0.6 is 0 Å². The molecule has 0 saturated carbocycles. The first-order chi connectivity index (χ1) is 1.41. The summed E-state index contributed by atoms with van der Waals surface area (Å²) >= 11 is -1.75. The van der Waals surface area contributed by atoms with Gasteiger partial charge in [-0.25, -0.2) is 0 Å². The van der Waals surface area contributed by atoms with Crippen LogP contribution in [0.5, 0.6) is 0 Å². The summed E-state index contributed by atoms with van der Waals surface area (Å²) in [6.45, 7) is 0. The molecule has 0 unspecified atom stereocenters. The molecule has 0 rings (SSSR count). The zero-order valence-electron chi connectivity index (χ0n) is 14.4. The van der Waals surface area contributed by atoms with Gasteiger partial charge < -0.3 is 8.56 Å². The Morgan fingerprint density at radius 2 is 0.800 bits per heavy atom. The zero-order chi connectivity index (χ0) is 2.71. The first kappa shape index (κ1) is 53.5. The molecule has 0 atom stereocenters. The van der Waals surface area contributed by atoms with Crippen LogP contribution in [0.15, 0.2) is 0 Å². The molecular weight excluding hydrogens is 220 g/mol. The summed E-state index contributed by atoms with van der Waals surface area (Å²) < 4.78 is 16.9. The Labute approximate surface area is 232 Å². The molecule has 0 radical (unpaired) electrons. The van der Waals surface area contributed by atoms with Crippen LogP contribution in [0.25, 0.3) is 0 Å². The van der Waals surface area contributed by atoms with Gasteiger partial charge in [0.25, 0.3) is 0 Å². The van der Waals surface area contributed by atoms with E-state index in [9.17, 15) is 0 Å². The molecule has 0 spiro atoms. The van der Waals surface area contributed by atoms with Crippen molar-refractivity contribution in [2.45, 2.75) is 0 Å². The fourth-order valence-corrected chi connectivity index (χ4v) is 0. The molecule has 0 saturated heterocycles. The van der Waals surface area contributed by atoms with Crippen LogP contribution < -0.4 is 211 Å². The van der Waals surface area contributed by atoms with Crippen LogP contribution in [0.1, 0.15) is 8.56 Å². The molecule has 0 aliphatic heterocycles. The third kappa shape index (κ3) is 59.4. The van der Waals surface area contributed by atoms with E-state index in [-0.39, 0.29) is 215 Å². The van der Waals surface area contributed by atoms with Crippen molar-refractivity contribution >= 4 is 15.5 Å². The molecule has 0 aromatic rings. The van der Waals surface area contributed by atoms with Gasteiger partial charge in [0, 0.05) is 0 Å². The molecule has 0 heterocycles. The van der Waals surface area contributed by atoms with E-state index in [2.05, 4.69) is 0 Å². The normalized spacial score (nSPS) is 0.800. The van der Waals surface area contributed by atoms with E-state index >= 15 is 0 Å². The van der Waals surface area contributed by atoms with Crippen LogP contribution in [-0.4, -0.2) is 15.5 Å². The van der Waals surface area contributed by atoms with E-state index in [0.29, 0.717) is 0 Å².